The van der Waals surface area contributed by atoms with Crippen LogP contribution in [0, 0.1) is 6.92 Å². The number of ether oxygens (including phenoxy) is 1. The summed E-state index contributed by atoms with van der Waals surface area (Å²) in [5.74, 6) is 0.0237. The lowest BCUT2D eigenvalue weighted by atomic mass is 10.2. The molecule has 1 N–H and O–H groups in total. The fraction of sp³-hybridized carbons (Fsp3) is 0.636. The molecule has 2 rings (SSSR count). The highest BCUT2D eigenvalue weighted by Gasteiger charge is 2.23. The molecule has 5 nitrogen and oxygen atoms in total. The Kier molecular flexibility index (Phi) is 4.09. The molecule has 1 amide bonds. The number of nitrogens with one attached hydrogen (secondary N) is 1. The van der Waals surface area contributed by atoms with Crippen molar-refractivity contribution >= 4 is 22.4 Å². The Morgan fingerprint density at radius 3 is 2.88 bits per heavy atom. The zero-order valence-corrected chi connectivity index (χ0v) is 10.9. The smallest absolute Gasteiger partial charge is 0.242 e. The summed E-state index contributed by atoms with van der Waals surface area (Å²) in [6.07, 6.45) is 0. The van der Waals surface area contributed by atoms with Crippen LogP contribution in [0.2, 0.25) is 0 Å². The molecule has 0 saturated carbocycles. The summed E-state index contributed by atoms with van der Waals surface area (Å²) in [6, 6.07) is 1.76. The van der Waals surface area contributed by atoms with Gasteiger partial charge in [-0.1, -0.05) is 0 Å². The van der Waals surface area contributed by atoms with Crippen molar-refractivity contribution in [3.05, 3.63) is 11.8 Å². The molecule has 2 heterocycles. The normalized spacial score (nSPS) is 18.9. The molecule has 0 aromatic carbocycles. The molecular weight excluding hydrogens is 238 g/mol. The third-order valence-corrected chi connectivity index (χ3v) is 3.64. The maximum Gasteiger partial charge on any atom is 0.242 e. The number of hydrogen-bond donors (Lipinski definition) is 1. The summed E-state index contributed by atoms with van der Waals surface area (Å²) >= 11 is 1.32. The molecule has 0 radical (unpaired) electrons. The van der Waals surface area contributed by atoms with Crippen LogP contribution in [0.15, 0.2) is 6.07 Å². The van der Waals surface area contributed by atoms with Crippen LogP contribution in [0.4, 0.5) is 5.00 Å². The summed E-state index contributed by atoms with van der Waals surface area (Å²) < 4.78 is 9.40. The van der Waals surface area contributed by atoms with E-state index in [4.69, 9.17) is 4.74 Å². The fourth-order valence-electron chi connectivity index (χ4n) is 1.78. The van der Waals surface area contributed by atoms with Crippen molar-refractivity contribution in [2.75, 3.05) is 31.6 Å². The van der Waals surface area contributed by atoms with Gasteiger partial charge in [-0.25, -0.2) is 0 Å². The van der Waals surface area contributed by atoms with Gasteiger partial charge in [-0.15, -0.1) is 0 Å². The number of morpholine rings is 1. The van der Waals surface area contributed by atoms with E-state index in [2.05, 4.69) is 14.6 Å². The van der Waals surface area contributed by atoms with Crippen molar-refractivity contribution < 1.29 is 9.53 Å². The Morgan fingerprint density at radius 1 is 1.59 bits per heavy atom. The average Bonchev–Trinajstić information content (AvgIpc) is 2.75. The number of hydrogen-bond acceptors (Lipinski definition) is 5. The highest BCUT2D eigenvalue weighted by atomic mass is 32.1. The minimum Gasteiger partial charge on any atom is -0.379 e. The van der Waals surface area contributed by atoms with Crippen LogP contribution in [-0.4, -0.2) is 47.5 Å². The summed E-state index contributed by atoms with van der Waals surface area (Å²) in [4.78, 5) is 14.1. The largest absolute Gasteiger partial charge is 0.379 e. The molecule has 1 aliphatic heterocycles. The summed E-state index contributed by atoms with van der Waals surface area (Å²) in [6.45, 7) is 6.88. The van der Waals surface area contributed by atoms with Crippen LogP contribution in [0.3, 0.4) is 0 Å². The molecule has 0 bridgehead atoms. The summed E-state index contributed by atoms with van der Waals surface area (Å²) in [5.41, 5.74) is 0.935. The first-order chi connectivity index (χ1) is 8.16. The van der Waals surface area contributed by atoms with Crippen molar-refractivity contribution in [3.8, 4) is 0 Å². The van der Waals surface area contributed by atoms with E-state index in [9.17, 15) is 4.79 Å². The van der Waals surface area contributed by atoms with E-state index in [0.717, 1.165) is 23.8 Å². The van der Waals surface area contributed by atoms with Gasteiger partial charge >= 0.3 is 0 Å². The molecule has 1 fully saturated rings. The zero-order valence-electron chi connectivity index (χ0n) is 10.1. The Morgan fingerprint density at radius 2 is 2.29 bits per heavy atom. The van der Waals surface area contributed by atoms with Gasteiger partial charge in [-0.2, -0.15) is 4.37 Å². The second-order valence-corrected chi connectivity index (χ2v) is 4.95. The molecule has 17 heavy (non-hydrogen) atoms. The van der Waals surface area contributed by atoms with E-state index in [1.54, 1.807) is 0 Å². The van der Waals surface area contributed by atoms with E-state index in [1.165, 1.54) is 11.5 Å². The average molecular weight is 255 g/mol. The Hall–Kier alpha value is -0.980. The van der Waals surface area contributed by atoms with E-state index in [0.29, 0.717) is 13.2 Å². The number of aromatic nitrogens is 1. The van der Waals surface area contributed by atoms with Crippen molar-refractivity contribution in [3.63, 3.8) is 0 Å². The van der Waals surface area contributed by atoms with Gasteiger partial charge in [-0.05, 0) is 31.4 Å². The number of anilines is 1. The molecule has 6 heteroatoms. The number of aryl methyl sites for hydroxylation is 1. The quantitative estimate of drug-likeness (QED) is 0.879. The fourth-order valence-corrected chi connectivity index (χ4v) is 2.44. The van der Waals surface area contributed by atoms with Crippen molar-refractivity contribution in [1.82, 2.24) is 9.27 Å². The van der Waals surface area contributed by atoms with Gasteiger partial charge in [0.15, 0.2) is 0 Å². The molecule has 94 valence electrons. The number of nitrogens with zero attached hydrogens (tertiary/aromatic N) is 2. The Bertz CT molecular complexity index is 388. The molecule has 1 aliphatic rings. The molecule has 1 aromatic heterocycles. The lowest BCUT2D eigenvalue weighted by molar-refractivity contribution is -0.122. The predicted octanol–water partition coefficient (Wildman–Crippen LogP) is 1.11. The maximum atomic E-state index is 12.0. The standard InChI is InChI=1S/C11H17N3O2S/c1-8-7-10(17-13-8)12-11(15)9(2)14-3-5-16-6-4-14/h7,9H,3-6H2,1-2H3,(H,12,15). The second-order valence-electron chi connectivity index (χ2n) is 4.15. The minimum absolute atomic E-state index is 0.0237. The van der Waals surface area contributed by atoms with Crippen molar-refractivity contribution in [2.45, 2.75) is 19.9 Å². The lowest BCUT2D eigenvalue weighted by Crippen LogP contribution is -2.47. The number of rotatable bonds is 3. The SMILES string of the molecule is Cc1cc(NC(=O)C(C)N2CCOCC2)sn1. The maximum absolute atomic E-state index is 12.0. The number of carbonyl (C=O) groups excluding carboxylic acids is 1. The predicted molar refractivity (Wildman–Crippen MR) is 67.3 cm³/mol. The third-order valence-electron chi connectivity index (χ3n) is 2.85. The van der Waals surface area contributed by atoms with Crippen LogP contribution < -0.4 is 5.32 Å². The van der Waals surface area contributed by atoms with Crippen molar-refractivity contribution in [1.29, 1.82) is 0 Å². The van der Waals surface area contributed by atoms with Gasteiger partial charge in [0, 0.05) is 13.1 Å². The van der Waals surface area contributed by atoms with Crippen molar-refractivity contribution in [2.24, 2.45) is 0 Å². The summed E-state index contributed by atoms with van der Waals surface area (Å²) in [5, 5.41) is 3.71. The Labute approximate surface area is 105 Å². The van der Waals surface area contributed by atoms with Gasteiger partial charge in [0.05, 0.1) is 24.9 Å². The highest BCUT2D eigenvalue weighted by molar-refractivity contribution is 7.10. The Balaban J connectivity index is 1.90. The van der Waals surface area contributed by atoms with Crippen LogP contribution in [0.5, 0.6) is 0 Å². The molecule has 0 aliphatic carbocycles. The first kappa shape index (κ1) is 12.5. The van der Waals surface area contributed by atoms with Crippen LogP contribution in [-0.2, 0) is 9.53 Å². The zero-order chi connectivity index (χ0) is 12.3. The highest BCUT2D eigenvalue weighted by Crippen LogP contribution is 2.16. The summed E-state index contributed by atoms with van der Waals surface area (Å²) in [7, 11) is 0. The number of carbonyl (C=O) groups is 1. The first-order valence-corrected chi connectivity index (χ1v) is 6.50. The molecule has 1 aromatic rings. The van der Waals surface area contributed by atoms with Gasteiger partial charge in [0.2, 0.25) is 5.91 Å². The van der Waals surface area contributed by atoms with Gasteiger partial charge in [0.25, 0.3) is 0 Å². The molecular formula is C11H17N3O2S. The van der Waals surface area contributed by atoms with E-state index in [1.807, 2.05) is 19.9 Å². The van der Waals surface area contributed by atoms with E-state index in [-0.39, 0.29) is 11.9 Å². The second kappa shape index (κ2) is 5.57. The topological polar surface area (TPSA) is 54.5 Å². The van der Waals surface area contributed by atoms with Crippen LogP contribution >= 0.6 is 11.5 Å². The van der Waals surface area contributed by atoms with E-state index >= 15 is 0 Å². The van der Waals surface area contributed by atoms with Gasteiger partial charge in [0.1, 0.15) is 5.00 Å². The van der Waals surface area contributed by atoms with Crippen LogP contribution in [0.25, 0.3) is 0 Å². The first-order valence-electron chi connectivity index (χ1n) is 5.73. The molecule has 0 spiro atoms. The van der Waals surface area contributed by atoms with E-state index < -0.39 is 0 Å². The monoisotopic (exact) mass is 255 g/mol. The van der Waals surface area contributed by atoms with Gasteiger partial charge in [-0.3, -0.25) is 9.69 Å². The molecule has 1 unspecified atom stereocenters. The minimum atomic E-state index is -0.124. The molecule has 1 atom stereocenters. The third kappa shape index (κ3) is 3.24. The lowest BCUT2D eigenvalue weighted by Gasteiger charge is -2.31. The molecule has 1 saturated heterocycles. The van der Waals surface area contributed by atoms with Gasteiger partial charge < -0.3 is 10.1 Å². The number of amides is 1. The van der Waals surface area contributed by atoms with Crippen LogP contribution in [0.1, 0.15) is 12.6 Å².